The summed E-state index contributed by atoms with van der Waals surface area (Å²) in [6, 6.07) is 11.4. The van der Waals surface area contributed by atoms with Crippen LogP contribution >= 0.6 is 0 Å². The quantitative estimate of drug-likeness (QED) is 0.645. The first-order chi connectivity index (χ1) is 14.3. The Bertz CT molecular complexity index is 1220. The molecule has 1 aliphatic heterocycles. The normalized spacial score (nSPS) is 17.8. The number of carbonyl (C=O) groups is 1. The number of aromatic amines is 1. The molecule has 0 aliphatic carbocycles. The smallest absolute Gasteiger partial charge is 0.407 e. The summed E-state index contributed by atoms with van der Waals surface area (Å²) in [5.41, 5.74) is 5.01. The molecule has 4 rings (SSSR count). The molecule has 0 fully saturated rings. The number of carbonyl (C=O) groups excluding carboxylic acids is 1. The lowest BCUT2D eigenvalue weighted by Gasteiger charge is -2.20. The van der Waals surface area contributed by atoms with Crippen LogP contribution in [-0.2, 0) is 14.8 Å². The van der Waals surface area contributed by atoms with E-state index in [1.165, 1.54) is 9.87 Å². The van der Waals surface area contributed by atoms with Gasteiger partial charge in [-0.2, -0.15) is 4.31 Å². The van der Waals surface area contributed by atoms with Crippen molar-refractivity contribution < 1.29 is 17.9 Å². The first-order valence-electron chi connectivity index (χ1n) is 9.97. The highest BCUT2D eigenvalue weighted by molar-refractivity contribution is 7.89. The number of aromatic nitrogens is 1. The van der Waals surface area contributed by atoms with Gasteiger partial charge in [-0.3, -0.25) is 0 Å². The number of sulfonamides is 1. The zero-order chi connectivity index (χ0) is 21.5. The van der Waals surface area contributed by atoms with Gasteiger partial charge in [0.25, 0.3) is 0 Å². The lowest BCUT2D eigenvalue weighted by molar-refractivity contribution is 0.151. The van der Waals surface area contributed by atoms with E-state index in [2.05, 4.69) is 28.5 Å². The molecule has 30 heavy (non-hydrogen) atoms. The maximum atomic E-state index is 13.0. The van der Waals surface area contributed by atoms with Crippen molar-refractivity contribution in [2.24, 2.45) is 0 Å². The lowest BCUT2D eigenvalue weighted by Crippen LogP contribution is -2.36. The summed E-state index contributed by atoms with van der Waals surface area (Å²) in [5, 5.41) is 3.68. The topological polar surface area (TPSA) is 91.5 Å². The minimum atomic E-state index is -3.61. The van der Waals surface area contributed by atoms with Gasteiger partial charge in [0.15, 0.2) is 0 Å². The Labute approximate surface area is 176 Å². The van der Waals surface area contributed by atoms with E-state index in [9.17, 15) is 13.2 Å². The second-order valence-corrected chi connectivity index (χ2v) is 9.30. The van der Waals surface area contributed by atoms with E-state index >= 15 is 0 Å². The number of fused-ring (bicyclic) bond motifs is 2. The van der Waals surface area contributed by atoms with E-state index in [1.807, 2.05) is 32.2 Å². The minimum absolute atomic E-state index is 0.179. The van der Waals surface area contributed by atoms with Gasteiger partial charge in [0, 0.05) is 41.8 Å². The second kappa shape index (κ2) is 7.77. The average Bonchev–Trinajstić information content (AvgIpc) is 3.20. The number of nitrogens with zero attached hydrogens (tertiary/aromatic N) is 1. The van der Waals surface area contributed by atoms with Crippen LogP contribution in [0.3, 0.4) is 0 Å². The SMILES string of the molecule is CCOC(=O)NCCN1C(C)c2cc(-c3c[nH]c4cc(C)ccc34)ccc2S1(=O)=O. The van der Waals surface area contributed by atoms with Crippen molar-refractivity contribution in [1.82, 2.24) is 14.6 Å². The third kappa shape index (κ3) is 3.46. The molecule has 7 nitrogen and oxygen atoms in total. The fourth-order valence-corrected chi connectivity index (χ4v) is 5.89. The van der Waals surface area contributed by atoms with E-state index in [0.29, 0.717) is 4.90 Å². The van der Waals surface area contributed by atoms with Gasteiger partial charge in [-0.1, -0.05) is 18.2 Å². The summed E-state index contributed by atoms with van der Waals surface area (Å²) in [5.74, 6) is 0. The van der Waals surface area contributed by atoms with Gasteiger partial charge >= 0.3 is 6.09 Å². The number of benzene rings is 2. The van der Waals surface area contributed by atoms with Gasteiger partial charge in [-0.05, 0) is 55.7 Å². The van der Waals surface area contributed by atoms with Crippen LogP contribution in [0.15, 0.2) is 47.5 Å². The van der Waals surface area contributed by atoms with Crippen LogP contribution in [0.1, 0.15) is 31.0 Å². The molecule has 2 N–H and O–H groups in total. The average molecular weight is 428 g/mol. The molecule has 1 atom stereocenters. The van der Waals surface area contributed by atoms with E-state index in [4.69, 9.17) is 4.74 Å². The van der Waals surface area contributed by atoms with E-state index in [0.717, 1.165) is 27.6 Å². The number of amides is 1. The van der Waals surface area contributed by atoms with Gasteiger partial charge in [-0.25, -0.2) is 13.2 Å². The Morgan fingerprint density at radius 1 is 1.23 bits per heavy atom. The van der Waals surface area contributed by atoms with Crippen molar-refractivity contribution in [2.45, 2.75) is 31.7 Å². The molecule has 0 saturated carbocycles. The molecule has 2 heterocycles. The van der Waals surface area contributed by atoms with Gasteiger partial charge in [0.05, 0.1) is 11.5 Å². The Morgan fingerprint density at radius 2 is 2.03 bits per heavy atom. The minimum Gasteiger partial charge on any atom is -0.450 e. The number of hydrogen-bond acceptors (Lipinski definition) is 4. The van der Waals surface area contributed by atoms with E-state index in [-0.39, 0.29) is 25.7 Å². The molecule has 3 aromatic rings. The molecule has 0 spiro atoms. The van der Waals surface area contributed by atoms with E-state index in [1.54, 1.807) is 13.0 Å². The Kier molecular flexibility index (Phi) is 5.29. The van der Waals surface area contributed by atoms with Crippen molar-refractivity contribution >= 4 is 27.0 Å². The van der Waals surface area contributed by atoms with Gasteiger partial charge in [-0.15, -0.1) is 0 Å². The third-order valence-electron chi connectivity index (χ3n) is 5.50. The van der Waals surface area contributed by atoms with Crippen LogP contribution < -0.4 is 5.32 Å². The first kappa shape index (κ1) is 20.4. The number of alkyl carbamates (subject to hydrolysis) is 1. The zero-order valence-corrected chi connectivity index (χ0v) is 18.0. The number of ether oxygens (including phenoxy) is 1. The summed E-state index contributed by atoms with van der Waals surface area (Å²) in [6.45, 7) is 6.27. The second-order valence-electron chi connectivity index (χ2n) is 7.44. The molecule has 158 valence electrons. The van der Waals surface area contributed by atoms with Gasteiger partial charge in [0.1, 0.15) is 0 Å². The van der Waals surface area contributed by atoms with Crippen molar-refractivity contribution in [3.05, 3.63) is 53.7 Å². The van der Waals surface area contributed by atoms with Crippen LogP contribution in [0.4, 0.5) is 4.79 Å². The molecule has 0 saturated heterocycles. The fourth-order valence-electron chi connectivity index (χ4n) is 4.01. The summed E-state index contributed by atoms with van der Waals surface area (Å²) >= 11 is 0. The highest BCUT2D eigenvalue weighted by Crippen LogP contribution is 2.41. The number of H-pyrrole nitrogens is 1. The molecule has 0 radical (unpaired) electrons. The maximum Gasteiger partial charge on any atom is 0.407 e. The molecule has 8 heteroatoms. The Hall–Kier alpha value is -2.84. The summed E-state index contributed by atoms with van der Waals surface area (Å²) in [6.07, 6.45) is 1.41. The zero-order valence-electron chi connectivity index (χ0n) is 17.2. The number of aryl methyl sites for hydroxylation is 1. The lowest BCUT2D eigenvalue weighted by atomic mass is 9.99. The van der Waals surface area contributed by atoms with Gasteiger partial charge in [0.2, 0.25) is 10.0 Å². The molecular weight excluding hydrogens is 402 g/mol. The van der Waals surface area contributed by atoms with Crippen LogP contribution in [0.5, 0.6) is 0 Å². The Morgan fingerprint density at radius 3 is 2.80 bits per heavy atom. The Balaban J connectivity index is 1.62. The molecule has 1 aromatic heterocycles. The predicted octanol–water partition coefficient (Wildman–Crippen LogP) is 3.95. The molecule has 1 aliphatic rings. The van der Waals surface area contributed by atoms with Crippen molar-refractivity contribution in [2.75, 3.05) is 19.7 Å². The monoisotopic (exact) mass is 427 g/mol. The standard InChI is InChI=1S/C22H25N3O4S/c1-4-29-22(26)23-9-10-25-15(3)18-12-16(6-8-21(18)30(25,27)28)19-13-24-20-11-14(2)5-7-17(19)20/h5-8,11-13,15,24H,4,9-10H2,1-3H3,(H,23,26). The highest BCUT2D eigenvalue weighted by atomic mass is 32.2. The highest BCUT2D eigenvalue weighted by Gasteiger charge is 2.40. The van der Waals surface area contributed by atoms with Crippen LogP contribution in [-0.4, -0.2) is 43.5 Å². The van der Waals surface area contributed by atoms with Crippen LogP contribution in [0.2, 0.25) is 0 Å². The van der Waals surface area contributed by atoms with E-state index < -0.39 is 16.1 Å². The summed E-state index contributed by atoms with van der Waals surface area (Å²) in [4.78, 5) is 15.1. The van der Waals surface area contributed by atoms with Gasteiger partial charge < -0.3 is 15.0 Å². The molecule has 2 aromatic carbocycles. The maximum absolute atomic E-state index is 13.0. The largest absolute Gasteiger partial charge is 0.450 e. The third-order valence-corrected chi connectivity index (χ3v) is 7.55. The van der Waals surface area contributed by atoms with Crippen molar-refractivity contribution in [3.63, 3.8) is 0 Å². The summed E-state index contributed by atoms with van der Waals surface area (Å²) < 4.78 is 32.3. The first-order valence-corrected chi connectivity index (χ1v) is 11.4. The molecule has 1 unspecified atom stereocenters. The molecular formula is C22H25N3O4S. The predicted molar refractivity (Wildman–Crippen MR) is 116 cm³/mol. The summed E-state index contributed by atoms with van der Waals surface area (Å²) in [7, 11) is -3.61. The van der Waals surface area contributed by atoms with Crippen molar-refractivity contribution in [1.29, 1.82) is 0 Å². The number of hydrogen-bond donors (Lipinski definition) is 2. The van der Waals surface area contributed by atoms with Crippen LogP contribution in [0.25, 0.3) is 22.0 Å². The number of nitrogens with one attached hydrogen (secondary N) is 2. The van der Waals surface area contributed by atoms with Crippen LogP contribution in [0, 0.1) is 6.92 Å². The number of rotatable bonds is 5. The fraction of sp³-hybridized carbons (Fsp3) is 0.318. The van der Waals surface area contributed by atoms with Crippen molar-refractivity contribution in [3.8, 4) is 11.1 Å². The molecule has 0 bridgehead atoms. The molecule has 1 amide bonds.